The van der Waals surface area contributed by atoms with E-state index < -0.39 is 0 Å². The summed E-state index contributed by atoms with van der Waals surface area (Å²) in [5.74, 6) is 7.84. The number of carbonyl (C=O) groups excluding carboxylic acids is 1. The fraction of sp³-hybridized carbons (Fsp3) is 0.591. The number of benzene rings is 1. The maximum absolute atomic E-state index is 12.4. The highest BCUT2D eigenvalue weighted by Crippen LogP contribution is 2.27. The van der Waals surface area contributed by atoms with E-state index in [4.69, 9.17) is 16.3 Å². The van der Waals surface area contributed by atoms with Crippen molar-refractivity contribution >= 4 is 17.7 Å². The molecule has 0 atom stereocenters. The zero-order valence-corrected chi connectivity index (χ0v) is 16.9. The number of rotatable bonds is 3. The predicted molar refractivity (Wildman–Crippen MR) is 109 cm³/mol. The monoisotopic (exact) mass is 388 g/mol. The first-order valence-corrected chi connectivity index (χ1v) is 10.4. The lowest BCUT2D eigenvalue weighted by molar-refractivity contribution is 0.129. The average molecular weight is 389 g/mol. The van der Waals surface area contributed by atoms with Crippen LogP contribution in [0.2, 0.25) is 5.02 Å². The molecule has 1 saturated heterocycles. The molecular weight excluding hydrogens is 360 g/mol. The van der Waals surface area contributed by atoms with Crippen molar-refractivity contribution in [2.45, 2.75) is 51.0 Å². The largest absolute Gasteiger partial charge is 0.415 e. The molecule has 0 aromatic heterocycles. The van der Waals surface area contributed by atoms with E-state index in [0.29, 0.717) is 16.7 Å². The van der Waals surface area contributed by atoms with Crippen LogP contribution < -0.4 is 4.74 Å². The minimum atomic E-state index is -0.308. The molecule has 1 aliphatic carbocycles. The van der Waals surface area contributed by atoms with Gasteiger partial charge < -0.3 is 9.64 Å². The van der Waals surface area contributed by atoms with Gasteiger partial charge in [0.2, 0.25) is 0 Å². The first-order chi connectivity index (χ1) is 13.1. The number of likely N-dealkylation sites (tertiary alicyclic amines) is 1. The lowest BCUT2D eigenvalue weighted by Crippen LogP contribution is -2.41. The molecule has 1 amide bonds. The molecule has 1 saturated carbocycles. The summed E-state index contributed by atoms with van der Waals surface area (Å²) >= 11 is 5.86. The topological polar surface area (TPSA) is 32.8 Å². The van der Waals surface area contributed by atoms with Gasteiger partial charge >= 0.3 is 6.09 Å². The van der Waals surface area contributed by atoms with E-state index in [1.54, 1.807) is 29.2 Å². The van der Waals surface area contributed by atoms with E-state index in [1.165, 1.54) is 32.4 Å². The molecule has 0 bridgehead atoms. The van der Waals surface area contributed by atoms with Gasteiger partial charge in [-0.05, 0) is 75.9 Å². The number of hydrogen-bond acceptors (Lipinski definition) is 3. The number of piperidine rings is 1. The third-order valence-corrected chi connectivity index (χ3v) is 5.86. The molecule has 0 spiro atoms. The second kappa shape index (κ2) is 10.0. The lowest BCUT2D eigenvalue weighted by Gasteiger charge is -2.32. The Labute approximate surface area is 167 Å². The molecule has 2 aliphatic rings. The van der Waals surface area contributed by atoms with Crippen LogP contribution in [-0.2, 0) is 0 Å². The summed E-state index contributed by atoms with van der Waals surface area (Å²) in [6.45, 7) is 3.30. The zero-order chi connectivity index (χ0) is 19.1. The molecule has 0 radical (unpaired) electrons. The van der Waals surface area contributed by atoms with Gasteiger partial charge in [0.05, 0.1) is 6.54 Å². The second-order valence-electron chi connectivity index (χ2n) is 7.60. The van der Waals surface area contributed by atoms with Crippen molar-refractivity contribution in [2.24, 2.45) is 5.92 Å². The molecule has 1 aromatic rings. The highest BCUT2D eigenvalue weighted by Gasteiger charge is 2.27. The Hall–Kier alpha value is -1.70. The molecule has 4 nitrogen and oxygen atoms in total. The Morgan fingerprint density at radius 3 is 2.48 bits per heavy atom. The van der Waals surface area contributed by atoms with Crippen molar-refractivity contribution in [1.82, 2.24) is 9.80 Å². The molecular formula is C22H29ClN2O2. The smallest absolute Gasteiger partial charge is 0.410 e. The Balaban J connectivity index is 1.41. The Bertz CT molecular complexity index is 666. The van der Waals surface area contributed by atoms with Gasteiger partial charge in [-0.2, -0.15) is 0 Å². The van der Waals surface area contributed by atoms with Crippen LogP contribution in [-0.4, -0.2) is 48.6 Å². The third kappa shape index (κ3) is 6.16. The van der Waals surface area contributed by atoms with E-state index in [0.717, 1.165) is 32.2 Å². The van der Waals surface area contributed by atoms with Crippen molar-refractivity contribution in [1.29, 1.82) is 0 Å². The quantitative estimate of drug-likeness (QED) is 0.696. The molecule has 0 N–H and O–H groups in total. The fourth-order valence-corrected chi connectivity index (χ4v) is 3.98. The molecule has 0 unspecified atom stereocenters. The Morgan fingerprint density at radius 1 is 1.15 bits per heavy atom. The van der Waals surface area contributed by atoms with E-state index in [2.05, 4.69) is 16.7 Å². The number of carbonyl (C=O) groups is 1. The molecule has 2 fully saturated rings. The van der Waals surface area contributed by atoms with Gasteiger partial charge in [-0.25, -0.2) is 4.79 Å². The molecule has 1 aliphatic heterocycles. The molecule has 1 aromatic carbocycles. The molecule has 146 valence electrons. The summed E-state index contributed by atoms with van der Waals surface area (Å²) in [5, 5.41) is 0.628. The SMILES string of the molecule is CN(C(=O)Oc1ccc(Cl)cc1)C1CCC(C#CCN2CCCCC2)CC1. The highest BCUT2D eigenvalue weighted by atomic mass is 35.5. The van der Waals surface area contributed by atoms with Crippen molar-refractivity contribution in [3.05, 3.63) is 29.3 Å². The van der Waals surface area contributed by atoms with Crippen molar-refractivity contribution in [3.63, 3.8) is 0 Å². The van der Waals surface area contributed by atoms with Crippen LogP contribution in [0.5, 0.6) is 5.75 Å². The lowest BCUT2D eigenvalue weighted by atomic mass is 9.86. The summed E-state index contributed by atoms with van der Waals surface area (Å²) < 4.78 is 5.44. The van der Waals surface area contributed by atoms with Crippen LogP contribution in [0.15, 0.2) is 24.3 Å². The van der Waals surface area contributed by atoms with E-state index in [1.807, 2.05) is 7.05 Å². The van der Waals surface area contributed by atoms with Crippen molar-refractivity contribution in [2.75, 3.05) is 26.7 Å². The number of amides is 1. The summed E-state index contributed by atoms with van der Waals surface area (Å²) in [7, 11) is 1.82. The van der Waals surface area contributed by atoms with Gasteiger partial charge in [-0.15, -0.1) is 0 Å². The van der Waals surface area contributed by atoms with Crippen molar-refractivity contribution < 1.29 is 9.53 Å². The average Bonchev–Trinajstić information content (AvgIpc) is 2.70. The standard InChI is InChI=1S/C22H29ClN2O2/c1-24(22(26)27-21-13-9-19(23)10-14-21)20-11-7-18(8-12-20)6-5-17-25-15-3-2-4-16-25/h9-10,13-14,18,20H,2-4,7-8,11-12,15-17H2,1H3. The van der Waals surface area contributed by atoms with E-state index in [9.17, 15) is 4.79 Å². The maximum Gasteiger partial charge on any atom is 0.415 e. The number of ether oxygens (including phenoxy) is 1. The van der Waals surface area contributed by atoms with Crippen LogP contribution in [0, 0.1) is 17.8 Å². The van der Waals surface area contributed by atoms with Crippen LogP contribution in [0.1, 0.15) is 44.9 Å². The third-order valence-electron chi connectivity index (χ3n) is 5.61. The van der Waals surface area contributed by atoms with Gasteiger partial charge in [0.1, 0.15) is 5.75 Å². The predicted octanol–water partition coefficient (Wildman–Crippen LogP) is 4.82. The Kier molecular flexibility index (Phi) is 7.43. The fourth-order valence-electron chi connectivity index (χ4n) is 3.85. The van der Waals surface area contributed by atoms with E-state index >= 15 is 0 Å². The van der Waals surface area contributed by atoms with Crippen LogP contribution in [0.25, 0.3) is 0 Å². The van der Waals surface area contributed by atoms with Gasteiger partial charge in [0.25, 0.3) is 0 Å². The van der Waals surface area contributed by atoms with Gasteiger partial charge in [0, 0.05) is 24.0 Å². The summed E-state index contributed by atoms with van der Waals surface area (Å²) in [5.41, 5.74) is 0. The highest BCUT2D eigenvalue weighted by molar-refractivity contribution is 6.30. The van der Waals surface area contributed by atoms with Crippen LogP contribution >= 0.6 is 11.6 Å². The summed E-state index contributed by atoms with van der Waals surface area (Å²) in [6.07, 6.45) is 7.74. The minimum Gasteiger partial charge on any atom is -0.410 e. The normalized spacial score (nSPS) is 23.2. The number of nitrogens with zero attached hydrogens (tertiary/aromatic N) is 2. The van der Waals surface area contributed by atoms with Crippen LogP contribution in [0.3, 0.4) is 0 Å². The molecule has 1 heterocycles. The molecule has 3 rings (SSSR count). The summed E-state index contributed by atoms with van der Waals surface area (Å²) in [4.78, 5) is 16.6. The number of halogens is 1. The molecule has 27 heavy (non-hydrogen) atoms. The Morgan fingerprint density at radius 2 is 1.81 bits per heavy atom. The van der Waals surface area contributed by atoms with Crippen molar-refractivity contribution in [3.8, 4) is 17.6 Å². The number of hydrogen-bond donors (Lipinski definition) is 0. The second-order valence-corrected chi connectivity index (χ2v) is 8.03. The van der Waals surface area contributed by atoms with Crippen LogP contribution in [0.4, 0.5) is 4.79 Å². The van der Waals surface area contributed by atoms with Gasteiger partial charge in [0.15, 0.2) is 0 Å². The van der Waals surface area contributed by atoms with Gasteiger partial charge in [-0.3, -0.25) is 4.90 Å². The first kappa shape index (κ1) is 20.0. The first-order valence-electron chi connectivity index (χ1n) is 10.0. The summed E-state index contributed by atoms with van der Waals surface area (Å²) in [6, 6.07) is 7.09. The zero-order valence-electron chi connectivity index (χ0n) is 16.1. The minimum absolute atomic E-state index is 0.227. The molecule has 5 heteroatoms. The van der Waals surface area contributed by atoms with E-state index in [-0.39, 0.29) is 12.1 Å². The maximum atomic E-state index is 12.4. The van der Waals surface area contributed by atoms with Gasteiger partial charge in [-0.1, -0.05) is 29.9 Å².